The van der Waals surface area contributed by atoms with E-state index in [1.807, 2.05) is 12.1 Å². The Balaban J connectivity index is 1.16. The third kappa shape index (κ3) is 8.07. The fourth-order valence-electron chi connectivity index (χ4n) is 10.2. The minimum Gasteiger partial charge on any atom is -0.477 e. The summed E-state index contributed by atoms with van der Waals surface area (Å²) >= 11 is 0. The summed E-state index contributed by atoms with van der Waals surface area (Å²) < 4.78 is 0. The fourth-order valence-corrected chi connectivity index (χ4v) is 10.2. The highest BCUT2D eigenvalue weighted by Crippen LogP contribution is 2.62. The lowest BCUT2D eigenvalue weighted by Crippen LogP contribution is -2.49. The number of carboxylic acid groups (broad SMARTS) is 1. The molecule has 59 heavy (non-hydrogen) atoms. The predicted molar refractivity (Wildman–Crippen MR) is 244 cm³/mol. The van der Waals surface area contributed by atoms with Gasteiger partial charge in [-0.05, 0) is 174 Å². The van der Waals surface area contributed by atoms with E-state index in [0.29, 0.717) is 11.5 Å². The van der Waals surface area contributed by atoms with Gasteiger partial charge in [0, 0.05) is 35.8 Å². The van der Waals surface area contributed by atoms with E-state index in [1.165, 1.54) is 87.4 Å². The first-order valence-electron chi connectivity index (χ1n) is 22.2. The molecular formula is C54H59N3O2. The van der Waals surface area contributed by atoms with Crippen molar-refractivity contribution in [2.24, 2.45) is 17.3 Å². The maximum atomic E-state index is 12.1. The standard InChI is InChI=1S/C54H59N3O2/c1-5-7-12-37-18-24-44(25-19-37)56-30-10-15-42-32-39(22-28-51(42)56)46(17-9-14-41-34-47(48(36-55)53(58)59)50-35-49(41)54(50,3)4)40-23-29-52-43(33-40)16-11-31-57(52)45-26-20-38(21-27-45)13-8-6-2/h9,14,17-29,32-34,49-50H,5-8,10-13,15-16,30-31,35H2,1-4H3,(H,58,59)/b14-9+,48-47-. The number of allylic oxidation sites excluding steroid dienone is 6. The van der Waals surface area contributed by atoms with E-state index in [-0.39, 0.29) is 16.9 Å². The maximum Gasteiger partial charge on any atom is 0.346 e. The molecule has 302 valence electrons. The third-order valence-electron chi connectivity index (χ3n) is 13.7. The molecular weight excluding hydrogens is 723 g/mol. The first kappa shape index (κ1) is 40.2. The van der Waals surface area contributed by atoms with E-state index >= 15 is 0 Å². The summed E-state index contributed by atoms with van der Waals surface area (Å²) in [6.45, 7) is 10.9. The number of hydrogen-bond acceptors (Lipinski definition) is 4. The highest BCUT2D eigenvalue weighted by Gasteiger charge is 2.54. The Labute approximate surface area is 352 Å². The van der Waals surface area contributed by atoms with Crippen LogP contribution >= 0.6 is 0 Å². The highest BCUT2D eigenvalue weighted by atomic mass is 16.4. The molecule has 0 radical (unpaired) electrons. The molecule has 2 unspecified atom stereocenters. The lowest BCUT2D eigenvalue weighted by Gasteiger charge is -2.57. The summed E-state index contributed by atoms with van der Waals surface area (Å²) in [4.78, 5) is 17.1. The number of anilines is 4. The second kappa shape index (κ2) is 17.3. The molecule has 1 N–H and O–H groups in total. The summed E-state index contributed by atoms with van der Waals surface area (Å²) in [5.74, 6) is -0.732. The molecule has 4 aromatic carbocycles. The van der Waals surface area contributed by atoms with Gasteiger partial charge in [0.05, 0.1) is 0 Å². The number of rotatable bonds is 13. The van der Waals surface area contributed by atoms with Gasteiger partial charge in [-0.3, -0.25) is 0 Å². The molecule has 1 saturated carbocycles. The molecule has 4 aromatic rings. The van der Waals surface area contributed by atoms with Crippen LogP contribution in [0.5, 0.6) is 0 Å². The van der Waals surface area contributed by atoms with Gasteiger partial charge in [0.15, 0.2) is 0 Å². The number of hydrogen-bond donors (Lipinski definition) is 1. The van der Waals surface area contributed by atoms with Crippen LogP contribution in [-0.4, -0.2) is 24.2 Å². The molecule has 0 amide bonds. The summed E-state index contributed by atoms with van der Waals surface area (Å²) in [6.07, 6.45) is 20.8. The van der Waals surface area contributed by atoms with Gasteiger partial charge >= 0.3 is 5.97 Å². The lowest BCUT2D eigenvalue weighted by molar-refractivity contribution is -0.132. The number of carboxylic acids is 1. The van der Waals surface area contributed by atoms with Gasteiger partial charge in [0.25, 0.3) is 0 Å². The summed E-state index contributed by atoms with van der Waals surface area (Å²) in [7, 11) is 0. The average Bonchev–Trinajstić information content (AvgIpc) is 3.26. The lowest BCUT2D eigenvalue weighted by atomic mass is 9.47. The molecule has 2 heterocycles. The van der Waals surface area contributed by atoms with Gasteiger partial charge in [-0.15, -0.1) is 0 Å². The van der Waals surface area contributed by atoms with Crippen molar-refractivity contribution in [2.75, 3.05) is 22.9 Å². The molecule has 2 atom stereocenters. The van der Waals surface area contributed by atoms with Gasteiger partial charge in [-0.25, -0.2) is 4.79 Å². The van der Waals surface area contributed by atoms with Crippen LogP contribution in [0.4, 0.5) is 22.7 Å². The number of aryl methyl sites for hydroxylation is 4. The highest BCUT2D eigenvalue weighted by molar-refractivity contribution is 5.93. The van der Waals surface area contributed by atoms with Crippen LogP contribution in [0.15, 0.2) is 126 Å². The van der Waals surface area contributed by atoms with E-state index in [1.54, 1.807) is 0 Å². The maximum absolute atomic E-state index is 12.1. The van der Waals surface area contributed by atoms with Crippen LogP contribution in [0.2, 0.25) is 0 Å². The number of carbonyl (C=O) groups is 1. The van der Waals surface area contributed by atoms with Crippen LogP contribution in [0.3, 0.4) is 0 Å². The van der Waals surface area contributed by atoms with Crippen molar-refractivity contribution in [3.05, 3.63) is 159 Å². The molecule has 0 spiro atoms. The first-order valence-corrected chi connectivity index (χ1v) is 22.2. The van der Waals surface area contributed by atoms with E-state index < -0.39 is 5.97 Å². The number of fused-ring (bicyclic) bond motifs is 3. The van der Waals surface area contributed by atoms with Gasteiger partial charge in [0.2, 0.25) is 0 Å². The Hall–Kier alpha value is -5.60. The molecule has 2 aliphatic heterocycles. The molecule has 5 heteroatoms. The Bertz CT molecular complexity index is 2250. The van der Waals surface area contributed by atoms with E-state index in [9.17, 15) is 15.2 Å². The minimum absolute atomic E-state index is 0.0876. The zero-order valence-corrected chi connectivity index (χ0v) is 35.4. The topological polar surface area (TPSA) is 67.6 Å². The third-order valence-corrected chi connectivity index (χ3v) is 13.7. The quantitative estimate of drug-likeness (QED) is 0.0831. The van der Waals surface area contributed by atoms with Gasteiger partial charge in [0.1, 0.15) is 11.6 Å². The molecule has 9 rings (SSSR count). The minimum atomic E-state index is -1.14. The average molecular weight is 782 g/mol. The number of benzene rings is 4. The van der Waals surface area contributed by atoms with E-state index in [2.05, 4.69) is 141 Å². The van der Waals surface area contributed by atoms with Crippen LogP contribution in [0.25, 0.3) is 5.57 Å². The van der Waals surface area contributed by atoms with Crippen LogP contribution in [-0.2, 0) is 30.5 Å². The Kier molecular flexibility index (Phi) is 11.8. The van der Waals surface area contributed by atoms with Gasteiger partial charge < -0.3 is 14.9 Å². The molecule has 5 aliphatic rings. The zero-order valence-electron chi connectivity index (χ0n) is 35.4. The van der Waals surface area contributed by atoms with Gasteiger partial charge in [-0.1, -0.05) is 101 Å². The summed E-state index contributed by atoms with van der Waals surface area (Å²) in [5.41, 5.74) is 15.7. The number of nitrogens with zero attached hydrogens (tertiary/aromatic N) is 3. The summed E-state index contributed by atoms with van der Waals surface area (Å²) in [5, 5.41) is 19.7. The monoisotopic (exact) mass is 781 g/mol. The van der Waals surface area contributed by atoms with Crippen molar-refractivity contribution < 1.29 is 9.90 Å². The Morgan fingerprint density at radius 2 is 1.31 bits per heavy atom. The van der Waals surface area contributed by atoms with Crippen LogP contribution in [0, 0.1) is 28.6 Å². The molecule has 1 fully saturated rings. The predicted octanol–water partition coefficient (Wildman–Crippen LogP) is 13.0. The molecule has 3 aliphatic carbocycles. The SMILES string of the molecule is CCCCc1ccc(N2CCCc3cc(C(=C/C=C/C4=CC(=C(\C#N)C(=O)O)/C5CC4C5(C)C)c4ccc5c(c4)CCCN5c4ccc(CCCC)cc4)ccc32)cc1. The summed E-state index contributed by atoms with van der Waals surface area (Å²) in [6, 6.07) is 34.4. The molecule has 0 saturated heterocycles. The smallest absolute Gasteiger partial charge is 0.346 e. The van der Waals surface area contributed by atoms with Crippen LogP contribution < -0.4 is 9.80 Å². The van der Waals surface area contributed by atoms with Crippen molar-refractivity contribution in [2.45, 2.75) is 98.3 Å². The van der Waals surface area contributed by atoms with Crippen molar-refractivity contribution >= 4 is 34.3 Å². The van der Waals surface area contributed by atoms with Crippen LogP contribution in [0.1, 0.15) is 106 Å². The molecule has 5 nitrogen and oxygen atoms in total. The van der Waals surface area contributed by atoms with Gasteiger partial charge in [-0.2, -0.15) is 5.26 Å². The van der Waals surface area contributed by atoms with E-state index in [4.69, 9.17) is 0 Å². The Morgan fingerprint density at radius 1 is 0.780 bits per heavy atom. The second-order valence-electron chi connectivity index (χ2n) is 17.7. The fraction of sp³-hybridized carbons (Fsp3) is 0.370. The van der Waals surface area contributed by atoms with Crippen molar-refractivity contribution in [3.63, 3.8) is 0 Å². The number of nitriles is 1. The number of unbranched alkanes of at least 4 members (excludes halogenated alkanes) is 2. The van der Waals surface area contributed by atoms with Crippen molar-refractivity contribution in [1.82, 2.24) is 0 Å². The first-order chi connectivity index (χ1) is 28.7. The van der Waals surface area contributed by atoms with Crippen molar-refractivity contribution in [1.29, 1.82) is 5.26 Å². The Morgan fingerprint density at radius 3 is 1.76 bits per heavy atom. The molecule has 2 bridgehead atoms. The normalized spacial score (nSPS) is 19.9. The van der Waals surface area contributed by atoms with E-state index in [0.717, 1.165) is 63.6 Å². The molecule has 0 aromatic heterocycles. The zero-order chi connectivity index (χ0) is 41.1. The van der Waals surface area contributed by atoms with Crippen molar-refractivity contribution in [3.8, 4) is 6.07 Å². The largest absolute Gasteiger partial charge is 0.477 e. The second-order valence-corrected chi connectivity index (χ2v) is 17.7. The number of aliphatic carboxylic acids is 1.